The van der Waals surface area contributed by atoms with E-state index in [0.29, 0.717) is 11.3 Å². The predicted molar refractivity (Wildman–Crippen MR) is 122 cm³/mol. The number of nitrogens with zero attached hydrogens (tertiary/aromatic N) is 3. The van der Waals surface area contributed by atoms with Crippen LogP contribution in [0.1, 0.15) is 72.3 Å². The first kappa shape index (κ1) is 26.2. The average molecular weight is 533 g/mol. The number of esters is 1. The summed E-state index contributed by atoms with van der Waals surface area (Å²) in [7, 11) is 0. The maximum absolute atomic E-state index is 14.2. The number of rotatable bonds is 6. The van der Waals surface area contributed by atoms with Crippen LogP contribution in [-0.4, -0.2) is 57.4 Å². The molecule has 0 aromatic carbocycles. The van der Waals surface area contributed by atoms with Crippen molar-refractivity contribution in [1.29, 1.82) is 0 Å². The lowest BCUT2D eigenvalue weighted by Crippen LogP contribution is -2.41. The third-order valence-corrected chi connectivity index (χ3v) is 7.48. The quantitative estimate of drug-likeness (QED) is 0.384. The standard InChI is InChI=1S/C23H25F5N4O3S/c1-4-35-20(34)18-30-16(19(33)32-11-22(24,25)9-12(32)2)17(36-18)13-10-29-15(8-14(13)23(26,27)28)31-21(3)6-5-7-21/h8,10,12H,4-7,9,11H2,1-3H3,(H,29,31)/t12-/m0/s1. The van der Waals surface area contributed by atoms with E-state index in [4.69, 9.17) is 4.74 Å². The molecule has 7 nitrogen and oxygen atoms in total. The second-order valence-electron chi connectivity index (χ2n) is 9.41. The van der Waals surface area contributed by atoms with Gasteiger partial charge in [-0.3, -0.25) is 4.79 Å². The summed E-state index contributed by atoms with van der Waals surface area (Å²) in [5, 5.41) is 2.67. The number of carbonyl (C=O) groups is 2. The molecule has 2 aromatic rings. The van der Waals surface area contributed by atoms with Crippen molar-refractivity contribution in [2.75, 3.05) is 18.5 Å². The van der Waals surface area contributed by atoms with Gasteiger partial charge in [-0.15, -0.1) is 11.3 Å². The Labute approximate surface area is 208 Å². The van der Waals surface area contributed by atoms with E-state index in [-0.39, 0.29) is 27.8 Å². The summed E-state index contributed by atoms with van der Waals surface area (Å²) in [6, 6.07) is -0.0214. The fraction of sp³-hybridized carbons (Fsp3) is 0.565. The van der Waals surface area contributed by atoms with Gasteiger partial charge in [0.2, 0.25) is 5.01 Å². The molecule has 1 aliphatic carbocycles. The van der Waals surface area contributed by atoms with Crippen molar-refractivity contribution < 1.29 is 36.3 Å². The molecule has 2 aliphatic rings. The van der Waals surface area contributed by atoms with Crippen LogP contribution in [0.2, 0.25) is 0 Å². The highest BCUT2D eigenvalue weighted by atomic mass is 32.1. The van der Waals surface area contributed by atoms with Gasteiger partial charge < -0.3 is 15.0 Å². The third kappa shape index (κ3) is 5.16. The molecule has 1 saturated carbocycles. The van der Waals surface area contributed by atoms with Gasteiger partial charge in [0.1, 0.15) is 11.5 Å². The number of likely N-dealkylation sites (tertiary alicyclic amines) is 1. The van der Waals surface area contributed by atoms with Crippen molar-refractivity contribution in [3.63, 3.8) is 0 Å². The number of anilines is 1. The maximum Gasteiger partial charge on any atom is 0.417 e. The van der Waals surface area contributed by atoms with Crippen LogP contribution in [-0.2, 0) is 10.9 Å². The molecule has 1 amide bonds. The van der Waals surface area contributed by atoms with Gasteiger partial charge in [0, 0.05) is 29.8 Å². The molecule has 196 valence electrons. The molecule has 1 atom stereocenters. The zero-order valence-corrected chi connectivity index (χ0v) is 20.7. The number of pyridine rings is 1. The molecule has 3 heterocycles. The van der Waals surface area contributed by atoms with Crippen molar-refractivity contribution in [3.8, 4) is 10.4 Å². The molecule has 36 heavy (non-hydrogen) atoms. The Kier molecular flexibility index (Phi) is 6.73. The Morgan fingerprint density at radius 2 is 2.00 bits per heavy atom. The Bertz CT molecular complexity index is 1180. The van der Waals surface area contributed by atoms with E-state index >= 15 is 0 Å². The van der Waals surface area contributed by atoms with Gasteiger partial charge in [-0.25, -0.2) is 23.5 Å². The van der Waals surface area contributed by atoms with Crippen LogP contribution >= 0.6 is 11.3 Å². The molecule has 1 aliphatic heterocycles. The number of hydrogen-bond acceptors (Lipinski definition) is 7. The van der Waals surface area contributed by atoms with Crippen molar-refractivity contribution in [2.45, 2.75) is 70.1 Å². The summed E-state index contributed by atoms with van der Waals surface area (Å²) in [4.78, 5) is 34.2. The monoisotopic (exact) mass is 532 g/mol. The summed E-state index contributed by atoms with van der Waals surface area (Å²) < 4.78 is 75.3. The molecular weight excluding hydrogens is 507 g/mol. The number of halogens is 5. The normalized spacial score (nSPS) is 20.7. The van der Waals surface area contributed by atoms with E-state index in [9.17, 15) is 31.5 Å². The van der Waals surface area contributed by atoms with Crippen molar-refractivity contribution in [2.24, 2.45) is 0 Å². The number of hydrogen-bond donors (Lipinski definition) is 1. The lowest BCUT2D eigenvalue weighted by Gasteiger charge is -2.39. The highest BCUT2D eigenvalue weighted by molar-refractivity contribution is 7.17. The van der Waals surface area contributed by atoms with E-state index in [0.717, 1.165) is 36.4 Å². The smallest absolute Gasteiger partial charge is 0.417 e. The first-order chi connectivity index (χ1) is 16.7. The summed E-state index contributed by atoms with van der Waals surface area (Å²) in [6.45, 7) is 3.91. The van der Waals surface area contributed by atoms with Crippen molar-refractivity contribution >= 4 is 29.0 Å². The molecule has 0 unspecified atom stereocenters. The van der Waals surface area contributed by atoms with Gasteiger partial charge in [0.15, 0.2) is 0 Å². The van der Waals surface area contributed by atoms with Gasteiger partial charge in [-0.2, -0.15) is 13.2 Å². The van der Waals surface area contributed by atoms with E-state index in [2.05, 4.69) is 15.3 Å². The minimum Gasteiger partial charge on any atom is -0.461 e. The van der Waals surface area contributed by atoms with E-state index < -0.39 is 59.8 Å². The molecule has 0 spiro atoms. The first-order valence-electron chi connectivity index (χ1n) is 11.5. The molecule has 1 saturated heterocycles. The van der Waals surface area contributed by atoms with Crippen LogP contribution in [0.15, 0.2) is 12.3 Å². The van der Waals surface area contributed by atoms with Crippen molar-refractivity contribution in [1.82, 2.24) is 14.9 Å². The fourth-order valence-corrected chi connectivity index (χ4v) is 5.40. The number of carbonyl (C=O) groups excluding carboxylic acids is 2. The Hall–Kier alpha value is -2.83. The molecule has 0 bridgehead atoms. The molecule has 2 aromatic heterocycles. The molecule has 4 rings (SSSR count). The number of nitrogens with one attached hydrogen (secondary N) is 1. The minimum absolute atomic E-state index is 0.0177. The van der Waals surface area contributed by atoms with Crippen LogP contribution in [0.25, 0.3) is 10.4 Å². The number of amides is 1. The zero-order chi connectivity index (χ0) is 26.5. The molecular formula is C23H25F5N4O3S. The zero-order valence-electron chi connectivity index (χ0n) is 19.8. The topological polar surface area (TPSA) is 84.4 Å². The lowest BCUT2D eigenvalue weighted by molar-refractivity contribution is -0.137. The van der Waals surface area contributed by atoms with Gasteiger partial charge >= 0.3 is 12.1 Å². The molecule has 2 fully saturated rings. The van der Waals surface area contributed by atoms with Crippen molar-refractivity contribution in [3.05, 3.63) is 28.5 Å². The van der Waals surface area contributed by atoms with Gasteiger partial charge in [-0.1, -0.05) is 0 Å². The number of alkyl halides is 5. The second-order valence-corrected chi connectivity index (χ2v) is 10.4. The maximum atomic E-state index is 14.2. The number of ether oxygens (including phenoxy) is 1. The fourth-order valence-electron chi connectivity index (χ4n) is 4.43. The third-order valence-electron chi connectivity index (χ3n) is 6.41. The Morgan fingerprint density at radius 3 is 2.53 bits per heavy atom. The average Bonchev–Trinajstić information content (AvgIpc) is 3.32. The first-order valence-corrected chi connectivity index (χ1v) is 12.3. The summed E-state index contributed by atoms with van der Waals surface area (Å²) in [5.74, 6) is -5.04. The van der Waals surface area contributed by atoms with Gasteiger partial charge in [0.05, 0.1) is 23.6 Å². The van der Waals surface area contributed by atoms with Gasteiger partial charge in [-0.05, 0) is 46.1 Å². The van der Waals surface area contributed by atoms with Crippen LogP contribution in [0, 0.1) is 0 Å². The van der Waals surface area contributed by atoms with Crippen LogP contribution < -0.4 is 5.32 Å². The number of aromatic nitrogens is 2. The molecule has 0 radical (unpaired) electrons. The Balaban J connectivity index is 1.81. The summed E-state index contributed by atoms with van der Waals surface area (Å²) in [6.07, 6.45) is -1.94. The predicted octanol–water partition coefficient (Wildman–Crippen LogP) is 5.62. The largest absolute Gasteiger partial charge is 0.461 e. The van der Waals surface area contributed by atoms with Crippen LogP contribution in [0.4, 0.5) is 27.8 Å². The lowest BCUT2D eigenvalue weighted by atomic mass is 9.78. The van der Waals surface area contributed by atoms with E-state index in [1.54, 1.807) is 0 Å². The SMILES string of the molecule is CCOC(=O)c1nc(C(=O)N2CC(F)(F)C[C@@H]2C)c(-c2cnc(NC3(C)CCC3)cc2C(F)(F)F)s1. The number of thiazole rings is 1. The van der Waals surface area contributed by atoms with Gasteiger partial charge in [0.25, 0.3) is 11.8 Å². The minimum atomic E-state index is -4.84. The van der Waals surface area contributed by atoms with E-state index in [1.807, 2.05) is 6.92 Å². The summed E-state index contributed by atoms with van der Waals surface area (Å²) >= 11 is 0.533. The van der Waals surface area contributed by atoms with Crippen LogP contribution in [0.5, 0.6) is 0 Å². The van der Waals surface area contributed by atoms with E-state index in [1.165, 1.54) is 13.8 Å². The highest BCUT2D eigenvalue weighted by Gasteiger charge is 2.47. The molecule has 13 heteroatoms. The Morgan fingerprint density at radius 1 is 1.31 bits per heavy atom. The molecule has 1 N–H and O–H groups in total. The highest BCUT2D eigenvalue weighted by Crippen LogP contribution is 2.43. The second kappa shape index (κ2) is 9.24. The van der Waals surface area contributed by atoms with Crippen LogP contribution in [0.3, 0.4) is 0 Å². The summed E-state index contributed by atoms with van der Waals surface area (Å²) in [5.41, 5.74) is -2.44.